The molecule has 3 nitrogen and oxygen atoms in total. The van der Waals surface area contributed by atoms with Gasteiger partial charge in [0.25, 0.3) is 0 Å². The van der Waals surface area contributed by atoms with Crippen molar-refractivity contribution in [3.8, 4) is 6.07 Å². The highest BCUT2D eigenvalue weighted by molar-refractivity contribution is 6.31. The molecule has 0 saturated heterocycles. The number of fused-ring (bicyclic) bond motifs is 1. The number of halogens is 1. The maximum Gasteiger partial charge on any atom is 0.161 e. The predicted molar refractivity (Wildman–Crippen MR) is 79.9 cm³/mol. The Hall–Kier alpha value is -2.05. The molecule has 3 rings (SSSR count). The maximum atomic E-state index is 9.03. The van der Waals surface area contributed by atoms with E-state index in [1.54, 1.807) is 6.07 Å². The van der Waals surface area contributed by atoms with Gasteiger partial charge >= 0.3 is 0 Å². The molecule has 20 heavy (non-hydrogen) atoms. The second kappa shape index (κ2) is 5.15. The van der Waals surface area contributed by atoms with Crippen LogP contribution in [-0.2, 0) is 6.42 Å². The van der Waals surface area contributed by atoms with Crippen LogP contribution in [0.1, 0.15) is 29.3 Å². The summed E-state index contributed by atoms with van der Waals surface area (Å²) < 4.78 is 0. The molecule has 1 heterocycles. The van der Waals surface area contributed by atoms with Crippen LogP contribution in [-0.4, -0.2) is 12.0 Å². The molecule has 1 aliphatic carbocycles. The summed E-state index contributed by atoms with van der Waals surface area (Å²) >= 11 is 5.94. The maximum absolute atomic E-state index is 9.03. The van der Waals surface area contributed by atoms with Crippen molar-refractivity contribution in [2.75, 3.05) is 11.9 Å². The molecule has 0 amide bonds. The predicted octanol–water partition coefficient (Wildman–Crippen LogP) is 3.73. The van der Waals surface area contributed by atoms with E-state index in [1.807, 2.05) is 19.2 Å². The molecular formula is C16H14ClN3. The summed E-state index contributed by atoms with van der Waals surface area (Å²) in [6.07, 6.45) is 2.16. The number of anilines is 1. The van der Waals surface area contributed by atoms with Gasteiger partial charge in [-0.15, -0.1) is 0 Å². The first kappa shape index (κ1) is 13.0. The van der Waals surface area contributed by atoms with E-state index in [0.29, 0.717) is 11.1 Å². The lowest BCUT2D eigenvalue weighted by atomic mass is 10.1. The Bertz CT molecular complexity index is 690. The Labute approximate surface area is 123 Å². The average Bonchev–Trinajstić information content (AvgIpc) is 2.91. The zero-order chi connectivity index (χ0) is 14.1. The van der Waals surface area contributed by atoms with E-state index in [0.717, 1.165) is 18.7 Å². The van der Waals surface area contributed by atoms with Gasteiger partial charge in [-0.3, -0.25) is 0 Å². The van der Waals surface area contributed by atoms with Crippen LogP contribution in [0.4, 0.5) is 5.82 Å². The van der Waals surface area contributed by atoms with Gasteiger partial charge in [-0.1, -0.05) is 35.9 Å². The molecule has 0 fully saturated rings. The molecule has 1 aromatic carbocycles. The van der Waals surface area contributed by atoms with E-state index in [2.05, 4.69) is 34.1 Å². The first-order valence-corrected chi connectivity index (χ1v) is 6.96. The summed E-state index contributed by atoms with van der Waals surface area (Å²) in [7, 11) is 2.02. The number of aromatic nitrogens is 1. The monoisotopic (exact) mass is 283 g/mol. The third kappa shape index (κ3) is 2.13. The van der Waals surface area contributed by atoms with E-state index in [-0.39, 0.29) is 5.69 Å². The second-order valence-electron chi connectivity index (χ2n) is 4.98. The number of benzene rings is 1. The standard InChI is InChI=1S/C16H14ClN3/c1-20(16-9-7-13(17)14(10-18)19-16)15-8-6-11-4-2-3-5-12(11)15/h2-5,7,9,15H,6,8H2,1H3. The van der Waals surface area contributed by atoms with Crippen LogP contribution in [0.5, 0.6) is 0 Å². The van der Waals surface area contributed by atoms with E-state index in [4.69, 9.17) is 16.9 Å². The molecule has 4 heteroatoms. The van der Waals surface area contributed by atoms with E-state index < -0.39 is 0 Å². The Kier molecular flexibility index (Phi) is 3.33. The topological polar surface area (TPSA) is 39.9 Å². The number of nitriles is 1. The summed E-state index contributed by atoms with van der Waals surface area (Å²) in [5, 5.41) is 9.43. The highest BCUT2D eigenvalue weighted by Crippen LogP contribution is 2.36. The van der Waals surface area contributed by atoms with Gasteiger partial charge in [-0.05, 0) is 36.1 Å². The summed E-state index contributed by atoms with van der Waals surface area (Å²) in [4.78, 5) is 6.47. The normalized spacial score (nSPS) is 16.6. The van der Waals surface area contributed by atoms with Crippen molar-refractivity contribution in [1.29, 1.82) is 5.26 Å². The molecule has 0 bridgehead atoms. The van der Waals surface area contributed by atoms with Crippen molar-refractivity contribution < 1.29 is 0 Å². The minimum absolute atomic E-state index is 0.280. The van der Waals surface area contributed by atoms with Crippen LogP contribution in [0, 0.1) is 11.3 Å². The third-order valence-corrected chi connectivity index (χ3v) is 4.17. The highest BCUT2D eigenvalue weighted by atomic mass is 35.5. The van der Waals surface area contributed by atoms with Crippen LogP contribution < -0.4 is 4.90 Å². The Morgan fingerprint density at radius 3 is 2.90 bits per heavy atom. The molecule has 1 aromatic heterocycles. The average molecular weight is 284 g/mol. The second-order valence-corrected chi connectivity index (χ2v) is 5.38. The number of hydrogen-bond donors (Lipinski definition) is 0. The quantitative estimate of drug-likeness (QED) is 0.843. The molecule has 1 unspecified atom stereocenters. The van der Waals surface area contributed by atoms with Gasteiger partial charge in [0.05, 0.1) is 11.1 Å². The van der Waals surface area contributed by atoms with E-state index in [9.17, 15) is 0 Å². The molecule has 100 valence electrons. The molecule has 0 aliphatic heterocycles. The molecule has 0 radical (unpaired) electrons. The molecule has 1 atom stereocenters. The van der Waals surface area contributed by atoms with Crippen LogP contribution in [0.15, 0.2) is 36.4 Å². The van der Waals surface area contributed by atoms with Gasteiger partial charge in [0.15, 0.2) is 5.69 Å². The van der Waals surface area contributed by atoms with E-state index in [1.165, 1.54) is 11.1 Å². The van der Waals surface area contributed by atoms with Crippen molar-refractivity contribution >= 4 is 17.4 Å². The fourth-order valence-electron chi connectivity index (χ4n) is 2.80. The Balaban J connectivity index is 1.95. The number of hydrogen-bond acceptors (Lipinski definition) is 3. The SMILES string of the molecule is CN(c1ccc(Cl)c(C#N)n1)C1CCc2ccccc21. The van der Waals surface area contributed by atoms with Gasteiger partial charge in [-0.2, -0.15) is 5.26 Å². The van der Waals surface area contributed by atoms with Gasteiger partial charge in [-0.25, -0.2) is 4.98 Å². The van der Waals surface area contributed by atoms with Gasteiger partial charge in [0, 0.05) is 7.05 Å². The molecule has 2 aromatic rings. The summed E-state index contributed by atoms with van der Waals surface area (Å²) in [5.41, 5.74) is 3.03. The van der Waals surface area contributed by atoms with Gasteiger partial charge in [0.2, 0.25) is 0 Å². The van der Waals surface area contributed by atoms with Crippen LogP contribution >= 0.6 is 11.6 Å². The molecular weight excluding hydrogens is 270 g/mol. The summed E-state index contributed by atoms with van der Waals surface area (Å²) in [6, 6.07) is 14.4. The van der Waals surface area contributed by atoms with Gasteiger partial charge in [0.1, 0.15) is 11.9 Å². The Morgan fingerprint density at radius 2 is 2.10 bits per heavy atom. The van der Waals surface area contributed by atoms with Crippen molar-refractivity contribution in [1.82, 2.24) is 4.98 Å². The first-order valence-electron chi connectivity index (χ1n) is 6.58. The third-order valence-electron chi connectivity index (χ3n) is 3.87. The van der Waals surface area contributed by atoms with Crippen LogP contribution in [0.2, 0.25) is 5.02 Å². The fraction of sp³-hybridized carbons (Fsp3) is 0.250. The molecule has 1 aliphatic rings. The smallest absolute Gasteiger partial charge is 0.161 e. The van der Waals surface area contributed by atoms with E-state index >= 15 is 0 Å². The van der Waals surface area contributed by atoms with Gasteiger partial charge < -0.3 is 4.90 Å². The molecule has 0 N–H and O–H groups in total. The molecule has 0 spiro atoms. The largest absolute Gasteiger partial charge is 0.353 e. The minimum atomic E-state index is 0.280. The summed E-state index contributed by atoms with van der Waals surface area (Å²) in [6.45, 7) is 0. The van der Waals surface area contributed by atoms with Crippen LogP contribution in [0.3, 0.4) is 0 Å². The van der Waals surface area contributed by atoms with Crippen LogP contribution in [0.25, 0.3) is 0 Å². The lowest BCUT2D eigenvalue weighted by molar-refractivity contribution is 0.655. The first-order chi connectivity index (χ1) is 9.70. The van der Waals surface area contributed by atoms with Crippen molar-refractivity contribution in [3.05, 3.63) is 58.2 Å². The zero-order valence-corrected chi connectivity index (χ0v) is 11.9. The molecule has 0 saturated carbocycles. The number of rotatable bonds is 2. The van der Waals surface area contributed by atoms with Crippen molar-refractivity contribution in [2.24, 2.45) is 0 Å². The zero-order valence-electron chi connectivity index (χ0n) is 11.2. The van der Waals surface area contributed by atoms with Crippen molar-refractivity contribution in [2.45, 2.75) is 18.9 Å². The van der Waals surface area contributed by atoms with Crippen molar-refractivity contribution in [3.63, 3.8) is 0 Å². The lowest BCUT2D eigenvalue weighted by Gasteiger charge is -2.26. The number of nitrogens with zero attached hydrogens (tertiary/aromatic N) is 3. The minimum Gasteiger partial charge on any atom is -0.353 e. The number of aryl methyl sites for hydroxylation is 1. The lowest BCUT2D eigenvalue weighted by Crippen LogP contribution is -2.23. The fourth-order valence-corrected chi connectivity index (χ4v) is 2.95. The number of pyridine rings is 1. The highest BCUT2D eigenvalue weighted by Gasteiger charge is 2.26. The Morgan fingerprint density at radius 1 is 1.30 bits per heavy atom. The summed E-state index contributed by atoms with van der Waals surface area (Å²) in [5.74, 6) is 0.785.